The van der Waals surface area contributed by atoms with Crippen LogP contribution in [0.5, 0.6) is 5.75 Å². The van der Waals surface area contributed by atoms with Gasteiger partial charge in [-0.15, -0.1) is 0 Å². The number of phenolic OH excluding ortho intramolecular Hbond substituents is 1. The van der Waals surface area contributed by atoms with E-state index >= 15 is 0 Å². The van der Waals surface area contributed by atoms with Crippen LogP contribution in [0.4, 0.5) is 0 Å². The van der Waals surface area contributed by atoms with Gasteiger partial charge < -0.3 is 15.7 Å². The summed E-state index contributed by atoms with van der Waals surface area (Å²) in [5.74, 6) is 0.311. The quantitative estimate of drug-likeness (QED) is 0.450. The number of phenols is 1. The summed E-state index contributed by atoms with van der Waals surface area (Å²) in [6, 6.07) is 24.0. The number of amides is 1. The van der Waals surface area contributed by atoms with Crippen molar-refractivity contribution in [2.45, 2.75) is 38.3 Å². The van der Waals surface area contributed by atoms with Gasteiger partial charge >= 0.3 is 0 Å². The molecule has 3 aromatic carbocycles. The lowest BCUT2D eigenvalue weighted by Crippen LogP contribution is -2.35. The highest BCUT2D eigenvalue weighted by molar-refractivity contribution is 5.95. The number of fused-ring (bicyclic) bond motifs is 1. The molecule has 0 fully saturated rings. The third-order valence-electron chi connectivity index (χ3n) is 5.97. The number of benzene rings is 3. The molecule has 0 aliphatic heterocycles. The normalized spacial score (nSPS) is 15.4. The van der Waals surface area contributed by atoms with Crippen LogP contribution in [0.3, 0.4) is 0 Å². The SMILES string of the molecule is O=C(NCCC=Cc1ccccc1)c1ccccc1CNC1CCc2cc(O)ccc2C1. The van der Waals surface area contributed by atoms with Gasteiger partial charge in [0.1, 0.15) is 5.75 Å². The van der Waals surface area contributed by atoms with Gasteiger partial charge in [0, 0.05) is 24.7 Å². The van der Waals surface area contributed by atoms with Gasteiger partial charge in [0.25, 0.3) is 5.91 Å². The summed E-state index contributed by atoms with van der Waals surface area (Å²) in [5.41, 5.74) is 5.44. The number of rotatable bonds is 8. The fraction of sp³-hybridized carbons (Fsp3) is 0.250. The van der Waals surface area contributed by atoms with E-state index in [2.05, 4.69) is 34.9 Å². The molecule has 164 valence electrons. The molecule has 0 heterocycles. The maximum atomic E-state index is 12.8. The van der Waals surface area contributed by atoms with Crippen molar-refractivity contribution in [3.63, 3.8) is 0 Å². The minimum atomic E-state index is -0.0278. The molecule has 0 radical (unpaired) electrons. The Kier molecular flexibility index (Phi) is 7.36. The van der Waals surface area contributed by atoms with E-state index in [1.165, 1.54) is 11.1 Å². The monoisotopic (exact) mass is 426 g/mol. The first-order valence-corrected chi connectivity index (χ1v) is 11.3. The van der Waals surface area contributed by atoms with E-state index in [-0.39, 0.29) is 5.91 Å². The molecule has 1 unspecified atom stereocenters. The van der Waals surface area contributed by atoms with E-state index in [1.807, 2.05) is 54.6 Å². The molecule has 3 N–H and O–H groups in total. The van der Waals surface area contributed by atoms with Crippen LogP contribution in [-0.2, 0) is 19.4 Å². The summed E-state index contributed by atoms with van der Waals surface area (Å²) >= 11 is 0. The van der Waals surface area contributed by atoms with Crippen LogP contribution in [0, 0.1) is 0 Å². The fourth-order valence-corrected chi connectivity index (χ4v) is 4.21. The zero-order valence-electron chi connectivity index (χ0n) is 18.3. The largest absolute Gasteiger partial charge is 0.508 e. The number of nitrogens with one attached hydrogen (secondary N) is 2. The van der Waals surface area contributed by atoms with Gasteiger partial charge in [0.05, 0.1) is 0 Å². The molecule has 0 aromatic heterocycles. The van der Waals surface area contributed by atoms with Crippen LogP contribution in [0.1, 0.15) is 45.5 Å². The molecular weight excluding hydrogens is 396 g/mol. The number of aryl methyl sites for hydroxylation is 1. The third kappa shape index (κ3) is 5.86. The van der Waals surface area contributed by atoms with Crippen molar-refractivity contribution in [2.24, 2.45) is 0 Å². The van der Waals surface area contributed by atoms with E-state index in [4.69, 9.17) is 0 Å². The van der Waals surface area contributed by atoms with Crippen LogP contribution >= 0.6 is 0 Å². The Hall–Kier alpha value is -3.37. The summed E-state index contributed by atoms with van der Waals surface area (Å²) in [4.78, 5) is 12.8. The Morgan fingerprint density at radius 2 is 1.81 bits per heavy atom. The number of carbonyl (C=O) groups is 1. The zero-order valence-corrected chi connectivity index (χ0v) is 18.3. The minimum Gasteiger partial charge on any atom is -0.508 e. The van der Waals surface area contributed by atoms with E-state index < -0.39 is 0 Å². The van der Waals surface area contributed by atoms with Crippen molar-refractivity contribution in [2.75, 3.05) is 6.54 Å². The lowest BCUT2D eigenvalue weighted by Gasteiger charge is -2.26. The molecule has 0 spiro atoms. The maximum absolute atomic E-state index is 12.8. The number of carbonyl (C=O) groups excluding carboxylic acids is 1. The first kappa shape index (κ1) is 21.8. The minimum absolute atomic E-state index is 0.0278. The van der Waals surface area contributed by atoms with Gasteiger partial charge in [-0.05, 0) is 66.1 Å². The Morgan fingerprint density at radius 1 is 1.00 bits per heavy atom. The van der Waals surface area contributed by atoms with Gasteiger partial charge in [-0.1, -0.05) is 66.7 Å². The van der Waals surface area contributed by atoms with E-state index in [0.29, 0.717) is 24.9 Å². The highest BCUT2D eigenvalue weighted by atomic mass is 16.3. The summed E-state index contributed by atoms with van der Waals surface area (Å²) in [7, 11) is 0. The average Bonchev–Trinajstić information content (AvgIpc) is 2.83. The predicted molar refractivity (Wildman–Crippen MR) is 130 cm³/mol. The van der Waals surface area contributed by atoms with E-state index in [1.54, 1.807) is 6.07 Å². The number of aromatic hydroxyl groups is 1. The lowest BCUT2D eigenvalue weighted by molar-refractivity contribution is 0.0953. The zero-order chi connectivity index (χ0) is 22.2. The third-order valence-corrected chi connectivity index (χ3v) is 5.97. The van der Waals surface area contributed by atoms with Gasteiger partial charge in [0.15, 0.2) is 0 Å². The molecule has 0 bridgehead atoms. The molecule has 0 saturated heterocycles. The van der Waals surface area contributed by atoms with Gasteiger partial charge in [-0.3, -0.25) is 4.79 Å². The Bertz CT molecular complexity index is 1080. The van der Waals surface area contributed by atoms with E-state index in [0.717, 1.165) is 42.4 Å². The van der Waals surface area contributed by atoms with Crippen molar-refractivity contribution in [1.82, 2.24) is 10.6 Å². The predicted octanol–water partition coefficient (Wildman–Crippen LogP) is 4.87. The molecule has 4 heteroatoms. The smallest absolute Gasteiger partial charge is 0.251 e. The number of hydrogen-bond donors (Lipinski definition) is 3. The Labute approximate surface area is 190 Å². The molecular formula is C28H30N2O2. The molecule has 1 aliphatic rings. The molecule has 32 heavy (non-hydrogen) atoms. The summed E-state index contributed by atoms with van der Waals surface area (Å²) in [5, 5.41) is 16.3. The first-order valence-electron chi connectivity index (χ1n) is 11.3. The van der Waals surface area contributed by atoms with Gasteiger partial charge in [-0.2, -0.15) is 0 Å². The summed E-state index contributed by atoms with van der Waals surface area (Å²) in [6.07, 6.45) is 7.88. The van der Waals surface area contributed by atoms with E-state index in [9.17, 15) is 9.90 Å². The molecule has 4 nitrogen and oxygen atoms in total. The second kappa shape index (κ2) is 10.8. The van der Waals surface area contributed by atoms with Gasteiger partial charge in [0.2, 0.25) is 0 Å². The summed E-state index contributed by atoms with van der Waals surface area (Å²) < 4.78 is 0. The van der Waals surface area contributed by atoms with Crippen LogP contribution < -0.4 is 10.6 Å². The maximum Gasteiger partial charge on any atom is 0.251 e. The lowest BCUT2D eigenvalue weighted by atomic mass is 9.88. The van der Waals surface area contributed by atoms with Crippen molar-refractivity contribution in [3.05, 3.63) is 107 Å². The highest BCUT2D eigenvalue weighted by Crippen LogP contribution is 2.25. The molecule has 1 atom stereocenters. The summed E-state index contributed by atoms with van der Waals surface area (Å²) in [6.45, 7) is 1.27. The molecule has 1 amide bonds. The van der Waals surface area contributed by atoms with Gasteiger partial charge in [-0.25, -0.2) is 0 Å². The first-order chi connectivity index (χ1) is 15.7. The highest BCUT2D eigenvalue weighted by Gasteiger charge is 2.19. The molecule has 4 rings (SSSR count). The van der Waals surface area contributed by atoms with Crippen LogP contribution in [0.25, 0.3) is 6.08 Å². The molecule has 0 saturated carbocycles. The molecule has 3 aromatic rings. The van der Waals surface area contributed by atoms with Crippen molar-refractivity contribution in [1.29, 1.82) is 0 Å². The fourth-order valence-electron chi connectivity index (χ4n) is 4.21. The Balaban J connectivity index is 1.28. The second-order valence-electron chi connectivity index (χ2n) is 8.29. The average molecular weight is 427 g/mol. The number of hydrogen-bond acceptors (Lipinski definition) is 3. The topological polar surface area (TPSA) is 61.4 Å². The Morgan fingerprint density at radius 3 is 2.69 bits per heavy atom. The van der Waals surface area contributed by atoms with Crippen LogP contribution in [0.2, 0.25) is 0 Å². The van der Waals surface area contributed by atoms with Crippen molar-refractivity contribution in [3.8, 4) is 5.75 Å². The van der Waals surface area contributed by atoms with Crippen molar-refractivity contribution >= 4 is 12.0 Å². The van der Waals surface area contributed by atoms with Crippen molar-refractivity contribution < 1.29 is 9.90 Å². The molecule has 1 aliphatic carbocycles. The second-order valence-corrected chi connectivity index (χ2v) is 8.29. The standard InChI is InChI=1S/C28H30N2O2/c31-26-16-14-22-18-25(15-13-23(22)19-26)30-20-24-11-4-5-12-27(24)28(32)29-17-7-6-10-21-8-2-1-3-9-21/h1-6,8-12,14,16,19,25,30-31H,7,13,15,17-18,20H2,(H,29,32). The van der Waals surface area contributed by atoms with Crippen LogP contribution in [-0.4, -0.2) is 23.6 Å². The van der Waals surface area contributed by atoms with Crippen LogP contribution in [0.15, 0.2) is 78.9 Å².